The number of methoxy groups -OCH3 is 1. The van der Waals surface area contributed by atoms with Crippen molar-refractivity contribution < 1.29 is 24.2 Å². The maximum atomic E-state index is 5.58. The molecule has 0 saturated carbocycles. The molecule has 0 aliphatic carbocycles. The number of rotatable bonds is 2. The summed E-state index contributed by atoms with van der Waals surface area (Å²) in [5.74, 6) is 1.43. The quantitative estimate of drug-likeness (QED) is 0.551. The summed E-state index contributed by atoms with van der Waals surface area (Å²) >= 11 is 5.58. The predicted molar refractivity (Wildman–Crippen MR) is 42.6 cm³/mol. The van der Waals surface area contributed by atoms with Crippen LogP contribution in [0.25, 0.3) is 0 Å². The summed E-state index contributed by atoms with van der Waals surface area (Å²) in [6, 6.07) is 7.70. The van der Waals surface area contributed by atoms with E-state index in [4.69, 9.17) is 16.3 Å². The SMILES string of the molecule is COc1ccc(CCl)cc1.[Zn]. The van der Waals surface area contributed by atoms with Gasteiger partial charge in [0.15, 0.2) is 0 Å². The van der Waals surface area contributed by atoms with Gasteiger partial charge in [0, 0.05) is 25.4 Å². The molecule has 1 nitrogen and oxygen atoms in total. The van der Waals surface area contributed by atoms with E-state index < -0.39 is 0 Å². The van der Waals surface area contributed by atoms with Crippen LogP contribution in [0.1, 0.15) is 5.56 Å². The molecule has 3 heteroatoms. The molecule has 0 aliphatic heterocycles. The summed E-state index contributed by atoms with van der Waals surface area (Å²) < 4.78 is 4.97. The van der Waals surface area contributed by atoms with Gasteiger partial charge in [0.2, 0.25) is 0 Å². The average Bonchev–Trinajstić information content (AvgIpc) is 2.05. The van der Waals surface area contributed by atoms with Gasteiger partial charge in [-0.1, -0.05) is 12.1 Å². The van der Waals surface area contributed by atoms with Crippen LogP contribution in [0.5, 0.6) is 5.75 Å². The molecule has 0 unspecified atom stereocenters. The van der Waals surface area contributed by atoms with Crippen LogP contribution in [0.4, 0.5) is 0 Å². The summed E-state index contributed by atoms with van der Waals surface area (Å²) in [6.07, 6.45) is 0. The summed E-state index contributed by atoms with van der Waals surface area (Å²) in [6.45, 7) is 0. The molecule has 0 spiro atoms. The maximum Gasteiger partial charge on any atom is 0.118 e. The summed E-state index contributed by atoms with van der Waals surface area (Å²) in [5, 5.41) is 0. The van der Waals surface area contributed by atoms with Crippen LogP contribution in [0.2, 0.25) is 0 Å². The zero-order chi connectivity index (χ0) is 7.40. The molecule has 0 fully saturated rings. The summed E-state index contributed by atoms with van der Waals surface area (Å²) in [5.41, 5.74) is 1.11. The van der Waals surface area contributed by atoms with Crippen molar-refractivity contribution >= 4 is 11.6 Å². The van der Waals surface area contributed by atoms with Crippen LogP contribution in [0.3, 0.4) is 0 Å². The largest absolute Gasteiger partial charge is 0.497 e. The van der Waals surface area contributed by atoms with E-state index in [-0.39, 0.29) is 19.5 Å². The van der Waals surface area contributed by atoms with Crippen molar-refractivity contribution in [2.45, 2.75) is 5.88 Å². The van der Waals surface area contributed by atoms with Crippen LogP contribution in [0.15, 0.2) is 24.3 Å². The molecule has 56 valence electrons. The van der Waals surface area contributed by atoms with Crippen molar-refractivity contribution in [3.63, 3.8) is 0 Å². The molecular weight excluding hydrogens is 213 g/mol. The normalized spacial score (nSPS) is 8.55. The second-order valence-corrected chi connectivity index (χ2v) is 2.25. The van der Waals surface area contributed by atoms with E-state index in [9.17, 15) is 0 Å². The Morgan fingerprint density at radius 2 is 1.82 bits per heavy atom. The zero-order valence-electron chi connectivity index (χ0n) is 6.51. The van der Waals surface area contributed by atoms with Gasteiger partial charge in [0.25, 0.3) is 0 Å². The third-order valence-electron chi connectivity index (χ3n) is 1.31. The Labute approximate surface area is 84.5 Å². The van der Waals surface area contributed by atoms with Gasteiger partial charge >= 0.3 is 0 Å². The molecular formula is C8H9ClOZn. The van der Waals surface area contributed by atoms with Crippen molar-refractivity contribution in [2.75, 3.05) is 7.11 Å². The number of ether oxygens (including phenoxy) is 1. The molecule has 1 aromatic rings. The Bertz CT molecular complexity index is 175. The van der Waals surface area contributed by atoms with Crippen LogP contribution in [-0.4, -0.2) is 7.11 Å². The van der Waals surface area contributed by atoms with Crippen molar-refractivity contribution in [3.05, 3.63) is 29.8 Å². The van der Waals surface area contributed by atoms with Crippen molar-refractivity contribution in [1.29, 1.82) is 0 Å². The summed E-state index contributed by atoms with van der Waals surface area (Å²) in [7, 11) is 1.65. The number of hydrogen-bond donors (Lipinski definition) is 0. The number of benzene rings is 1. The predicted octanol–water partition coefficient (Wildman–Crippen LogP) is 2.43. The van der Waals surface area contributed by atoms with Crippen LogP contribution in [-0.2, 0) is 25.4 Å². The van der Waals surface area contributed by atoms with Crippen molar-refractivity contribution in [1.82, 2.24) is 0 Å². The molecule has 11 heavy (non-hydrogen) atoms. The molecule has 1 rings (SSSR count). The molecule has 0 atom stereocenters. The van der Waals surface area contributed by atoms with Crippen LogP contribution < -0.4 is 4.74 Å². The van der Waals surface area contributed by atoms with E-state index in [1.165, 1.54) is 0 Å². The van der Waals surface area contributed by atoms with Crippen LogP contribution in [0, 0.1) is 0 Å². The van der Waals surface area contributed by atoms with Gasteiger partial charge in [0.1, 0.15) is 5.75 Å². The first-order chi connectivity index (χ1) is 4.86. The molecule has 1 aromatic carbocycles. The van der Waals surface area contributed by atoms with Crippen molar-refractivity contribution in [2.24, 2.45) is 0 Å². The van der Waals surface area contributed by atoms with Gasteiger partial charge in [0.05, 0.1) is 7.11 Å². The smallest absolute Gasteiger partial charge is 0.118 e. The molecule has 0 N–H and O–H groups in total. The third kappa shape index (κ3) is 3.22. The molecule has 0 bridgehead atoms. The molecule has 0 aliphatic rings. The van der Waals surface area contributed by atoms with Gasteiger partial charge in [-0.05, 0) is 17.7 Å². The average molecular weight is 222 g/mol. The number of halogens is 1. The Hall–Kier alpha value is -0.0666. The van der Waals surface area contributed by atoms with Crippen molar-refractivity contribution in [3.8, 4) is 5.75 Å². The number of alkyl halides is 1. The standard InChI is InChI=1S/C8H9ClO.Zn/c1-10-8-4-2-7(6-9)3-5-8;/h2-5H,6H2,1H3;. The first-order valence-electron chi connectivity index (χ1n) is 3.05. The second-order valence-electron chi connectivity index (χ2n) is 1.98. The van der Waals surface area contributed by atoms with E-state index in [1.807, 2.05) is 24.3 Å². The third-order valence-corrected chi connectivity index (χ3v) is 1.62. The minimum absolute atomic E-state index is 0. The molecule has 0 amide bonds. The minimum Gasteiger partial charge on any atom is -0.497 e. The van der Waals surface area contributed by atoms with E-state index in [2.05, 4.69) is 0 Å². The Balaban J connectivity index is 0.000001000. The fourth-order valence-electron chi connectivity index (χ4n) is 0.715. The molecule has 0 aromatic heterocycles. The van der Waals surface area contributed by atoms with Gasteiger partial charge in [-0.2, -0.15) is 0 Å². The monoisotopic (exact) mass is 220 g/mol. The van der Waals surface area contributed by atoms with Crippen LogP contribution >= 0.6 is 11.6 Å². The molecule has 0 heterocycles. The minimum atomic E-state index is 0. The Kier molecular flexibility index (Phi) is 5.53. The van der Waals surface area contributed by atoms with Gasteiger partial charge in [-0.15, -0.1) is 11.6 Å². The zero-order valence-corrected chi connectivity index (χ0v) is 10.2. The fraction of sp³-hybridized carbons (Fsp3) is 0.250. The maximum absolute atomic E-state index is 5.58. The first-order valence-corrected chi connectivity index (χ1v) is 3.59. The van der Waals surface area contributed by atoms with Gasteiger partial charge < -0.3 is 4.74 Å². The Morgan fingerprint density at radius 3 is 2.18 bits per heavy atom. The van der Waals surface area contributed by atoms with Gasteiger partial charge in [-0.25, -0.2) is 0 Å². The first kappa shape index (κ1) is 10.9. The van der Waals surface area contributed by atoms with E-state index >= 15 is 0 Å². The van der Waals surface area contributed by atoms with E-state index in [1.54, 1.807) is 7.11 Å². The number of hydrogen-bond acceptors (Lipinski definition) is 1. The van der Waals surface area contributed by atoms with E-state index in [0.717, 1.165) is 11.3 Å². The topological polar surface area (TPSA) is 9.23 Å². The van der Waals surface area contributed by atoms with Gasteiger partial charge in [-0.3, -0.25) is 0 Å². The molecule has 0 radical (unpaired) electrons. The summed E-state index contributed by atoms with van der Waals surface area (Å²) in [4.78, 5) is 0. The molecule has 0 saturated heterocycles. The Morgan fingerprint density at radius 1 is 1.27 bits per heavy atom. The fourth-order valence-corrected chi connectivity index (χ4v) is 0.893. The second kappa shape index (κ2) is 5.57. The van der Waals surface area contributed by atoms with E-state index in [0.29, 0.717) is 5.88 Å².